The number of nitrogen functional groups attached to an aromatic ring is 1. The third kappa shape index (κ3) is 7.44. The van der Waals surface area contributed by atoms with Crippen molar-refractivity contribution in [2.24, 2.45) is 5.92 Å². The van der Waals surface area contributed by atoms with Crippen LogP contribution in [0, 0.1) is 17.6 Å². The molecule has 3 aromatic rings. The van der Waals surface area contributed by atoms with Gasteiger partial charge in [-0.2, -0.15) is 5.10 Å². The number of hydrogen-bond donors (Lipinski definition) is 2. The van der Waals surface area contributed by atoms with Crippen LogP contribution >= 0.6 is 0 Å². The molecular weight excluding hydrogens is 518 g/mol. The van der Waals surface area contributed by atoms with Gasteiger partial charge in [-0.25, -0.2) is 13.5 Å². The van der Waals surface area contributed by atoms with E-state index in [1.807, 2.05) is 0 Å². The summed E-state index contributed by atoms with van der Waals surface area (Å²) in [4.78, 5) is 25.8. The standard InChI is InChI=1S/C30H36F2N4O4/c1-19(2)15-27(30(38)40-22-8-3-4-9-22)34-13-6-14-39-23-10-5-7-20(16-23)28(37)24-18-35-36(29(24)33)21-11-12-25(31)26(32)17-21/h5,7,10-12,16-19,22,27,34H,3-4,6,8-9,13-15,33H2,1-2H3/t27-/m0/s1. The molecule has 0 saturated heterocycles. The van der Waals surface area contributed by atoms with Gasteiger partial charge >= 0.3 is 5.97 Å². The molecule has 0 aliphatic heterocycles. The number of ether oxygens (including phenoxy) is 2. The number of nitrogens with one attached hydrogen (secondary N) is 1. The van der Waals surface area contributed by atoms with E-state index >= 15 is 0 Å². The highest BCUT2D eigenvalue weighted by atomic mass is 19.2. The third-order valence-corrected chi connectivity index (χ3v) is 6.85. The molecule has 214 valence electrons. The van der Waals surface area contributed by atoms with Crippen molar-refractivity contribution in [3.8, 4) is 11.4 Å². The van der Waals surface area contributed by atoms with Crippen LogP contribution in [-0.2, 0) is 9.53 Å². The molecule has 40 heavy (non-hydrogen) atoms. The number of benzene rings is 2. The first-order valence-electron chi connectivity index (χ1n) is 13.7. The molecule has 2 aromatic carbocycles. The topological polar surface area (TPSA) is 108 Å². The Hall–Kier alpha value is -3.79. The van der Waals surface area contributed by atoms with Crippen molar-refractivity contribution >= 4 is 17.6 Å². The first-order valence-corrected chi connectivity index (χ1v) is 13.7. The number of carbonyl (C=O) groups excluding carboxylic acids is 2. The Morgan fingerprint density at radius 3 is 2.62 bits per heavy atom. The minimum absolute atomic E-state index is 0.0100. The van der Waals surface area contributed by atoms with Gasteiger partial charge in [-0.3, -0.25) is 9.59 Å². The van der Waals surface area contributed by atoms with Crippen LogP contribution in [0.5, 0.6) is 5.75 Å². The maximum absolute atomic E-state index is 13.7. The number of anilines is 1. The van der Waals surface area contributed by atoms with Gasteiger partial charge in [0.2, 0.25) is 0 Å². The highest BCUT2D eigenvalue weighted by Gasteiger charge is 2.26. The third-order valence-electron chi connectivity index (χ3n) is 6.85. The van der Waals surface area contributed by atoms with E-state index in [1.165, 1.54) is 16.9 Å². The van der Waals surface area contributed by atoms with E-state index in [0.717, 1.165) is 37.8 Å². The number of ketones is 1. The van der Waals surface area contributed by atoms with Gasteiger partial charge in [0.15, 0.2) is 17.4 Å². The molecule has 0 bridgehead atoms. The molecule has 1 fully saturated rings. The van der Waals surface area contributed by atoms with Crippen LogP contribution in [0.15, 0.2) is 48.7 Å². The first-order chi connectivity index (χ1) is 19.2. The molecule has 1 aromatic heterocycles. The lowest BCUT2D eigenvalue weighted by Gasteiger charge is -2.21. The van der Waals surface area contributed by atoms with Crippen LogP contribution in [0.2, 0.25) is 0 Å². The molecule has 1 aliphatic rings. The van der Waals surface area contributed by atoms with E-state index < -0.39 is 11.6 Å². The molecule has 1 heterocycles. The van der Waals surface area contributed by atoms with Crippen LogP contribution in [0.3, 0.4) is 0 Å². The van der Waals surface area contributed by atoms with Crippen LogP contribution in [0.4, 0.5) is 14.6 Å². The molecular formula is C30H36F2N4O4. The molecule has 1 aliphatic carbocycles. The lowest BCUT2D eigenvalue weighted by atomic mass is 10.0. The Labute approximate surface area is 232 Å². The van der Waals surface area contributed by atoms with Crippen molar-refractivity contribution < 1.29 is 27.8 Å². The fourth-order valence-electron chi connectivity index (χ4n) is 4.76. The van der Waals surface area contributed by atoms with Gasteiger partial charge in [0, 0.05) is 11.6 Å². The van der Waals surface area contributed by atoms with Crippen LogP contribution < -0.4 is 15.8 Å². The SMILES string of the molecule is CC(C)C[C@H](NCCCOc1cccc(C(=O)c2cnn(-c3ccc(F)c(F)c3)c2N)c1)C(=O)OC1CCCC1. The van der Waals surface area contributed by atoms with Gasteiger partial charge in [-0.05, 0) is 75.3 Å². The second-order valence-corrected chi connectivity index (χ2v) is 10.5. The van der Waals surface area contributed by atoms with Gasteiger partial charge < -0.3 is 20.5 Å². The fraction of sp³-hybridized carbons (Fsp3) is 0.433. The van der Waals surface area contributed by atoms with Crippen molar-refractivity contribution in [1.29, 1.82) is 0 Å². The molecule has 10 heteroatoms. The van der Waals surface area contributed by atoms with Gasteiger partial charge in [-0.1, -0.05) is 26.0 Å². The largest absolute Gasteiger partial charge is 0.494 e. The van der Waals surface area contributed by atoms with Crippen molar-refractivity contribution in [3.05, 3.63) is 71.4 Å². The van der Waals surface area contributed by atoms with E-state index in [4.69, 9.17) is 15.2 Å². The Bertz CT molecular complexity index is 1320. The molecule has 0 radical (unpaired) electrons. The zero-order valence-corrected chi connectivity index (χ0v) is 22.9. The minimum Gasteiger partial charge on any atom is -0.494 e. The summed E-state index contributed by atoms with van der Waals surface area (Å²) in [5.74, 6) is -1.72. The fourth-order valence-corrected chi connectivity index (χ4v) is 4.76. The predicted molar refractivity (Wildman–Crippen MR) is 147 cm³/mol. The van der Waals surface area contributed by atoms with E-state index in [-0.39, 0.29) is 41.0 Å². The Morgan fingerprint density at radius 1 is 1.12 bits per heavy atom. The van der Waals surface area contributed by atoms with Gasteiger partial charge in [0.05, 0.1) is 24.1 Å². The monoisotopic (exact) mass is 554 g/mol. The van der Waals surface area contributed by atoms with Crippen molar-refractivity contribution in [1.82, 2.24) is 15.1 Å². The molecule has 1 atom stereocenters. The predicted octanol–water partition coefficient (Wildman–Crippen LogP) is 5.22. The zero-order valence-electron chi connectivity index (χ0n) is 22.9. The average Bonchev–Trinajstić information content (AvgIpc) is 3.58. The number of nitrogens with zero attached hydrogens (tertiary/aromatic N) is 2. The number of carbonyl (C=O) groups is 2. The van der Waals surface area contributed by atoms with Gasteiger partial charge in [0.25, 0.3) is 0 Å². The maximum atomic E-state index is 13.7. The van der Waals surface area contributed by atoms with Crippen LogP contribution in [0.1, 0.15) is 68.3 Å². The van der Waals surface area contributed by atoms with E-state index in [9.17, 15) is 18.4 Å². The molecule has 4 rings (SSSR count). The summed E-state index contributed by atoms with van der Waals surface area (Å²) in [6.45, 7) is 5.12. The molecule has 8 nitrogen and oxygen atoms in total. The van der Waals surface area contributed by atoms with Crippen LogP contribution in [-0.4, -0.2) is 46.8 Å². The van der Waals surface area contributed by atoms with E-state index in [2.05, 4.69) is 24.3 Å². The summed E-state index contributed by atoms with van der Waals surface area (Å²) in [6.07, 6.45) is 6.79. The average molecular weight is 555 g/mol. The lowest BCUT2D eigenvalue weighted by molar-refractivity contribution is -0.151. The van der Waals surface area contributed by atoms with E-state index in [0.29, 0.717) is 43.2 Å². The van der Waals surface area contributed by atoms with Crippen molar-refractivity contribution in [3.63, 3.8) is 0 Å². The second kappa shape index (κ2) is 13.5. The Kier molecular flexibility index (Phi) is 9.87. The van der Waals surface area contributed by atoms with E-state index in [1.54, 1.807) is 24.3 Å². The van der Waals surface area contributed by atoms with Gasteiger partial charge in [-0.15, -0.1) is 0 Å². The molecule has 0 amide bonds. The van der Waals surface area contributed by atoms with Crippen molar-refractivity contribution in [2.75, 3.05) is 18.9 Å². The number of esters is 1. The molecule has 0 unspecified atom stereocenters. The van der Waals surface area contributed by atoms with Gasteiger partial charge in [0.1, 0.15) is 23.7 Å². The Balaban J connectivity index is 1.30. The number of rotatable bonds is 13. The first kappa shape index (κ1) is 29.2. The summed E-state index contributed by atoms with van der Waals surface area (Å²) in [5.41, 5.74) is 6.80. The number of halogens is 2. The summed E-state index contributed by atoms with van der Waals surface area (Å²) in [6, 6.07) is 9.61. The smallest absolute Gasteiger partial charge is 0.323 e. The zero-order chi connectivity index (χ0) is 28.6. The quantitative estimate of drug-likeness (QED) is 0.169. The minimum atomic E-state index is -1.04. The highest BCUT2D eigenvalue weighted by molar-refractivity contribution is 6.11. The normalized spacial score (nSPS) is 14.4. The highest BCUT2D eigenvalue weighted by Crippen LogP contribution is 2.24. The molecule has 0 spiro atoms. The number of nitrogens with two attached hydrogens (primary N) is 1. The number of hydrogen-bond acceptors (Lipinski definition) is 7. The second-order valence-electron chi connectivity index (χ2n) is 10.5. The molecule has 3 N–H and O–H groups in total. The summed E-state index contributed by atoms with van der Waals surface area (Å²) in [5, 5.41) is 7.39. The van der Waals surface area contributed by atoms with Crippen molar-refractivity contribution in [2.45, 2.75) is 64.5 Å². The molecule has 1 saturated carbocycles. The summed E-state index contributed by atoms with van der Waals surface area (Å²) >= 11 is 0. The lowest BCUT2D eigenvalue weighted by Crippen LogP contribution is -2.41. The Morgan fingerprint density at radius 2 is 1.90 bits per heavy atom. The maximum Gasteiger partial charge on any atom is 0.323 e. The van der Waals surface area contributed by atoms with Crippen LogP contribution in [0.25, 0.3) is 5.69 Å². The number of aromatic nitrogens is 2. The summed E-state index contributed by atoms with van der Waals surface area (Å²) in [7, 11) is 0. The summed E-state index contributed by atoms with van der Waals surface area (Å²) < 4.78 is 39.7.